The van der Waals surface area contributed by atoms with Crippen LogP contribution in [0.1, 0.15) is 1.43 Å². The number of rotatable bonds is 0. The van der Waals surface area contributed by atoms with Gasteiger partial charge < -0.3 is 0 Å². The average molecular weight is 182 g/mol. The van der Waals surface area contributed by atoms with Crippen molar-refractivity contribution in [2.75, 3.05) is 0 Å². The van der Waals surface area contributed by atoms with Crippen LogP contribution in [0.5, 0.6) is 0 Å². The van der Waals surface area contributed by atoms with Crippen LogP contribution in [-0.2, 0) is 0 Å². The van der Waals surface area contributed by atoms with Gasteiger partial charge in [-0.2, -0.15) is 0 Å². The molecule has 0 saturated carbocycles. The molecule has 0 atom stereocenters. The fraction of sp³-hybridized carbons (Fsp3) is 0. The molecule has 6 heavy (non-hydrogen) atoms. The lowest BCUT2D eigenvalue weighted by atomic mass is 27.0. The molecular formula is H20Al6. The van der Waals surface area contributed by atoms with E-state index in [1.54, 1.807) is 0 Å². The molecule has 0 fully saturated rings. The molecule has 0 rings (SSSR count). The van der Waals surface area contributed by atoms with Gasteiger partial charge in [-0.05, 0) is 0 Å². The number of hydrogen-bond donors (Lipinski definition) is 0. The first kappa shape index (κ1) is 60.5. The van der Waals surface area contributed by atoms with Gasteiger partial charge in [0.05, 0.1) is 0 Å². The first-order valence-corrected chi connectivity index (χ1v) is 0. The van der Waals surface area contributed by atoms with Gasteiger partial charge in [-0.1, -0.05) is 0 Å². The lowest BCUT2D eigenvalue weighted by Crippen LogP contribution is -0.382. The maximum absolute atomic E-state index is 0. The van der Waals surface area contributed by atoms with Crippen LogP contribution in [0, 0.1) is 0 Å². The summed E-state index contributed by atoms with van der Waals surface area (Å²) >= 11 is 0. The van der Waals surface area contributed by atoms with Crippen molar-refractivity contribution in [1.29, 1.82) is 0 Å². The van der Waals surface area contributed by atoms with E-state index in [1.807, 2.05) is 0 Å². The Labute approximate surface area is 104 Å². The predicted octanol–water partition coefficient (Wildman–Crippen LogP) is -6.86. The molecule has 0 spiro atoms. The lowest BCUT2D eigenvalue weighted by molar-refractivity contribution is 5.75. The Morgan fingerprint density at radius 1 is 0.333 bits per heavy atom. The molecule has 0 unspecified atom stereocenters. The van der Waals surface area contributed by atoms with Gasteiger partial charge in [-0.3, -0.25) is 0 Å². The van der Waals surface area contributed by atoms with E-state index < -0.39 is 0 Å². The van der Waals surface area contributed by atoms with Crippen LogP contribution in [0.25, 0.3) is 0 Å². The molecule has 0 aromatic rings. The van der Waals surface area contributed by atoms with Crippen LogP contribution in [0.2, 0.25) is 0 Å². The third kappa shape index (κ3) is 27.1. The van der Waals surface area contributed by atoms with Crippen molar-refractivity contribution in [1.82, 2.24) is 0 Å². The van der Waals surface area contributed by atoms with Gasteiger partial charge >= 0.3 is 0 Å². The van der Waals surface area contributed by atoms with Gasteiger partial charge in [-0.15, -0.1) is 0 Å². The summed E-state index contributed by atoms with van der Waals surface area (Å²) < 4.78 is 0. The quantitative estimate of drug-likeness (QED) is 0.327. The number of hydrogen-bond acceptors (Lipinski definition) is 0. The normalized spacial score (nSPS) is 0. The van der Waals surface area contributed by atoms with Crippen molar-refractivity contribution in [3.05, 3.63) is 0 Å². The van der Waals surface area contributed by atoms with Gasteiger partial charge in [0.15, 0.2) is 104 Å². The molecule has 0 aromatic carbocycles. The fourth-order valence-corrected chi connectivity index (χ4v) is 0. The first-order valence-electron chi connectivity index (χ1n) is 0. The van der Waals surface area contributed by atoms with Crippen molar-refractivity contribution in [3.8, 4) is 0 Å². The summed E-state index contributed by atoms with van der Waals surface area (Å²) in [6, 6.07) is 0. The van der Waals surface area contributed by atoms with Crippen molar-refractivity contribution >= 4 is 104 Å². The topological polar surface area (TPSA) is 0 Å². The minimum Gasteiger partial charge on any atom is 0 e. The summed E-state index contributed by atoms with van der Waals surface area (Å²) in [7, 11) is 0. The van der Waals surface area contributed by atoms with E-state index in [-0.39, 0.29) is 106 Å². The Bertz CT molecular complexity index is 4.14. The van der Waals surface area contributed by atoms with E-state index in [2.05, 4.69) is 0 Å². The molecule has 0 heterocycles. The molecule has 0 aromatic heterocycles. The molecule has 0 aliphatic rings. The van der Waals surface area contributed by atoms with Gasteiger partial charge in [0.1, 0.15) is 0 Å². The maximum atomic E-state index is 0. The van der Waals surface area contributed by atoms with Gasteiger partial charge in [0, 0.05) is 1.43 Å². The molecule has 38 valence electrons. The zero-order chi connectivity index (χ0) is 0. The minimum absolute atomic E-state index is 0. The molecule has 0 bridgehead atoms. The maximum Gasteiger partial charge on any atom is 0.187 e. The van der Waals surface area contributed by atoms with Crippen molar-refractivity contribution < 1.29 is 1.43 Å². The van der Waals surface area contributed by atoms with Crippen molar-refractivity contribution in [3.63, 3.8) is 0 Å². The highest BCUT2D eigenvalue weighted by Crippen LogP contribution is -0.376. The highest BCUT2D eigenvalue weighted by Gasteiger charge is 0.192. The highest BCUT2D eigenvalue weighted by molar-refractivity contribution is 5.76. The average Bonchev–Trinajstić information content (AvgIpc) is 0. The summed E-state index contributed by atoms with van der Waals surface area (Å²) in [5.74, 6) is 0. The summed E-state index contributed by atoms with van der Waals surface area (Å²) in [4.78, 5) is 0. The second-order valence-corrected chi connectivity index (χ2v) is 0. The van der Waals surface area contributed by atoms with Crippen molar-refractivity contribution in [2.45, 2.75) is 0 Å². The van der Waals surface area contributed by atoms with Gasteiger partial charge in [-0.25, -0.2) is 0 Å². The molecule has 0 N–H and O–H groups in total. The second-order valence-electron chi connectivity index (χ2n) is 0. The van der Waals surface area contributed by atoms with E-state index in [1.165, 1.54) is 0 Å². The van der Waals surface area contributed by atoms with E-state index in [0.717, 1.165) is 0 Å². The largest absolute Gasteiger partial charge is 0.187 e. The van der Waals surface area contributed by atoms with E-state index in [0.29, 0.717) is 0 Å². The summed E-state index contributed by atoms with van der Waals surface area (Å²) in [6.45, 7) is 0. The van der Waals surface area contributed by atoms with E-state index >= 15 is 0 Å². The van der Waals surface area contributed by atoms with Crippen molar-refractivity contribution in [2.24, 2.45) is 0 Å². The van der Waals surface area contributed by atoms with E-state index in [4.69, 9.17) is 0 Å². The molecule has 0 saturated heterocycles. The monoisotopic (exact) mass is 182 g/mol. The smallest absolute Gasteiger partial charge is 0 e. The molecule has 0 nitrogen and oxygen atoms in total. The summed E-state index contributed by atoms with van der Waals surface area (Å²) in [5, 5.41) is 0. The third-order valence-corrected chi connectivity index (χ3v) is 0. The Morgan fingerprint density at radius 2 is 0.333 bits per heavy atom. The highest BCUT2D eigenvalue weighted by atomic mass is 27.0. The van der Waals surface area contributed by atoms with Gasteiger partial charge in [0.25, 0.3) is 0 Å². The fourth-order valence-electron chi connectivity index (χ4n) is 0. The van der Waals surface area contributed by atoms with Gasteiger partial charge in [0.2, 0.25) is 0 Å². The van der Waals surface area contributed by atoms with Crippen LogP contribution in [0.4, 0.5) is 0 Å². The Morgan fingerprint density at radius 3 is 0.333 bits per heavy atom. The second kappa shape index (κ2) is 41.6. The molecule has 6 heteroatoms. The minimum atomic E-state index is 0. The third-order valence-electron chi connectivity index (χ3n) is 0. The lowest BCUT2D eigenvalue weighted by Gasteiger charge is 0.186. The van der Waals surface area contributed by atoms with Crippen LogP contribution >= 0.6 is 0 Å². The summed E-state index contributed by atoms with van der Waals surface area (Å²) in [5.41, 5.74) is 0. The molecule has 0 amide bonds. The molecule has 0 aliphatic carbocycles. The molecular weight excluding hydrogens is 162 g/mol. The van der Waals surface area contributed by atoms with Crippen LogP contribution in [-0.4, -0.2) is 104 Å². The van der Waals surface area contributed by atoms with Crippen LogP contribution in [0.15, 0.2) is 0 Å². The predicted molar refractivity (Wildman–Crippen MR) is 61.7 cm³/mol. The summed E-state index contributed by atoms with van der Waals surface area (Å²) in [6.07, 6.45) is 0. The zero-order valence-corrected chi connectivity index (χ0v) is 0. The molecule has 0 radical (unpaired) electrons. The first-order chi connectivity index (χ1) is 0. The Hall–Kier alpha value is 3.19. The van der Waals surface area contributed by atoms with Crippen LogP contribution in [0.3, 0.4) is 0 Å². The van der Waals surface area contributed by atoms with Crippen LogP contribution < -0.4 is 0 Å². The SMILES string of the molecule is [AlH3].[AlH3].[AlH3].[AlH3].[AlH3].[AlH3].[HH]. The Balaban J connectivity index is 0. The standard InChI is InChI=1S/6Al.H2.18H/h;;;;;;1H;;;;;;;;;;;;;;;;;;. The molecule has 0 aliphatic heterocycles. The van der Waals surface area contributed by atoms with E-state index in [9.17, 15) is 0 Å². The Kier molecular flexibility index (Phi) is 419. The zero-order valence-electron chi connectivity index (χ0n) is 0.